The first kappa shape index (κ1) is 11.8. The first-order valence-corrected chi connectivity index (χ1v) is 6.79. The number of rotatable bonds is 4. The molecule has 0 bridgehead atoms. The van der Waals surface area contributed by atoms with Crippen LogP contribution in [-0.4, -0.2) is 10.9 Å². The van der Waals surface area contributed by atoms with Crippen LogP contribution in [0.1, 0.15) is 11.8 Å². The Kier molecular flexibility index (Phi) is 4.09. The largest absolute Gasteiger partial charge is 0.312 e. The number of halogens is 1. The lowest BCUT2D eigenvalue weighted by Crippen LogP contribution is -2.10. The topological polar surface area (TPSA) is 24.9 Å². The van der Waals surface area contributed by atoms with Gasteiger partial charge in [0.15, 0.2) is 0 Å². The molecular weight excluding hydrogens is 284 g/mol. The Morgan fingerprint density at radius 3 is 2.94 bits per heavy atom. The Morgan fingerprint density at radius 1 is 1.38 bits per heavy atom. The minimum atomic E-state index is 0.901. The molecule has 0 atom stereocenters. The molecule has 2 rings (SSSR count). The van der Waals surface area contributed by atoms with Gasteiger partial charge in [-0.15, -0.1) is 0 Å². The van der Waals surface area contributed by atoms with Crippen molar-refractivity contribution in [3.05, 3.63) is 39.7 Å². The molecule has 0 aliphatic heterocycles. The van der Waals surface area contributed by atoms with Gasteiger partial charge in [0.05, 0.1) is 5.69 Å². The fourth-order valence-corrected chi connectivity index (χ4v) is 2.63. The van der Waals surface area contributed by atoms with E-state index >= 15 is 0 Å². The van der Waals surface area contributed by atoms with Crippen LogP contribution in [0.25, 0.3) is 11.3 Å². The van der Waals surface area contributed by atoms with E-state index in [1.165, 1.54) is 4.88 Å². The van der Waals surface area contributed by atoms with Gasteiger partial charge in [-0.05, 0) is 30.2 Å². The average Bonchev–Trinajstić information content (AvgIpc) is 2.75. The predicted molar refractivity (Wildman–Crippen MR) is 72.6 cm³/mol. The van der Waals surface area contributed by atoms with Crippen LogP contribution >= 0.6 is 27.5 Å². The maximum atomic E-state index is 4.47. The predicted octanol–water partition coefficient (Wildman–Crippen LogP) is 3.68. The van der Waals surface area contributed by atoms with E-state index in [4.69, 9.17) is 0 Å². The monoisotopic (exact) mass is 296 g/mol. The van der Waals surface area contributed by atoms with Crippen LogP contribution in [0.3, 0.4) is 0 Å². The summed E-state index contributed by atoms with van der Waals surface area (Å²) >= 11 is 5.10. The molecule has 1 N–H and O–H groups in total. The molecule has 16 heavy (non-hydrogen) atoms. The van der Waals surface area contributed by atoms with E-state index < -0.39 is 0 Å². The van der Waals surface area contributed by atoms with E-state index in [0.29, 0.717) is 0 Å². The highest BCUT2D eigenvalue weighted by Gasteiger charge is 2.06. The van der Waals surface area contributed by atoms with Crippen molar-refractivity contribution in [1.29, 1.82) is 0 Å². The molecule has 0 radical (unpaired) electrons. The Labute approximate surface area is 108 Å². The Morgan fingerprint density at radius 2 is 2.19 bits per heavy atom. The molecule has 0 unspecified atom stereocenters. The summed E-state index contributed by atoms with van der Waals surface area (Å²) in [6, 6.07) is 10.3. The normalized spacial score (nSPS) is 10.6. The van der Waals surface area contributed by atoms with Crippen LogP contribution in [0.4, 0.5) is 0 Å². The third-order valence-electron chi connectivity index (χ3n) is 2.26. The second kappa shape index (κ2) is 5.57. The highest BCUT2D eigenvalue weighted by Crippen LogP contribution is 2.28. The van der Waals surface area contributed by atoms with Gasteiger partial charge in [-0.1, -0.05) is 41.1 Å². The molecule has 0 amide bonds. The fraction of sp³-hybridized carbons (Fsp3) is 0.250. The highest BCUT2D eigenvalue weighted by molar-refractivity contribution is 9.10. The summed E-state index contributed by atoms with van der Waals surface area (Å²) in [7, 11) is 0. The number of hydrogen-bond donors (Lipinski definition) is 1. The van der Waals surface area contributed by atoms with Gasteiger partial charge in [-0.25, -0.2) is 0 Å². The highest BCUT2D eigenvalue weighted by atomic mass is 79.9. The smallest absolute Gasteiger partial charge is 0.0855 e. The van der Waals surface area contributed by atoms with Crippen molar-refractivity contribution in [2.75, 3.05) is 6.54 Å². The lowest BCUT2D eigenvalue weighted by Gasteiger charge is -1.99. The number of nitrogens with zero attached hydrogens (tertiary/aromatic N) is 1. The minimum Gasteiger partial charge on any atom is -0.312 e. The first-order valence-electron chi connectivity index (χ1n) is 5.22. The molecule has 0 aliphatic carbocycles. The summed E-state index contributed by atoms with van der Waals surface area (Å²) in [6.07, 6.45) is 0. The summed E-state index contributed by atoms with van der Waals surface area (Å²) in [4.78, 5) is 1.27. The average molecular weight is 297 g/mol. The third kappa shape index (κ3) is 2.70. The number of hydrogen-bond acceptors (Lipinski definition) is 3. The maximum absolute atomic E-state index is 4.47. The van der Waals surface area contributed by atoms with Crippen molar-refractivity contribution in [2.45, 2.75) is 13.5 Å². The summed E-state index contributed by atoms with van der Waals surface area (Å²) in [6.45, 7) is 4.00. The van der Waals surface area contributed by atoms with Crippen molar-refractivity contribution >= 4 is 27.5 Å². The van der Waals surface area contributed by atoms with E-state index in [1.54, 1.807) is 11.5 Å². The van der Waals surface area contributed by atoms with Gasteiger partial charge in [-0.2, -0.15) is 4.37 Å². The van der Waals surface area contributed by atoms with Gasteiger partial charge in [0.25, 0.3) is 0 Å². The summed E-state index contributed by atoms with van der Waals surface area (Å²) in [5.74, 6) is 0. The summed E-state index contributed by atoms with van der Waals surface area (Å²) in [5, 5.41) is 3.30. The van der Waals surface area contributed by atoms with Crippen molar-refractivity contribution in [2.24, 2.45) is 0 Å². The molecule has 4 heteroatoms. The van der Waals surface area contributed by atoms with Crippen molar-refractivity contribution in [3.8, 4) is 11.3 Å². The number of nitrogens with one attached hydrogen (secondary N) is 1. The van der Waals surface area contributed by atoms with E-state index in [9.17, 15) is 0 Å². The molecule has 0 fully saturated rings. The molecule has 2 nitrogen and oxygen atoms in total. The summed E-state index contributed by atoms with van der Waals surface area (Å²) < 4.78 is 5.56. The molecule has 1 aromatic heterocycles. The lowest BCUT2D eigenvalue weighted by atomic mass is 10.1. The number of benzene rings is 1. The van der Waals surface area contributed by atoms with Gasteiger partial charge in [0.1, 0.15) is 0 Å². The Balaban J connectivity index is 2.22. The quantitative estimate of drug-likeness (QED) is 0.931. The van der Waals surface area contributed by atoms with Crippen LogP contribution < -0.4 is 5.32 Å². The molecular formula is C12H13BrN2S. The van der Waals surface area contributed by atoms with Gasteiger partial charge >= 0.3 is 0 Å². The fourth-order valence-electron chi connectivity index (χ4n) is 1.44. The van der Waals surface area contributed by atoms with Gasteiger partial charge < -0.3 is 5.32 Å². The lowest BCUT2D eigenvalue weighted by molar-refractivity contribution is 0.735. The SMILES string of the molecule is CCNCc1cc(-c2ccccc2Br)ns1. The molecule has 1 heterocycles. The second-order valence-corrected chi connectivity index (χ2v) is 5.18. The van der Waals surface area contributed by atoms with Crippen LogP contribution in [0.5, 0.6) is 0 Å². The van der Waals surface area contributed by atoms with Crippen molar-refractivity contribution in [1.82, 2.24) is 9.69 Å². The Hall–Kier alpha value is -0.710. The molecule has 2 aromatic rings. The van der Waals surface area contributed by atoms with Gasteiger partial charge in [0.2, 0.25) is 0 Å². The zero-order valence-electron chi connectivity index (χ0n) is 9.03. The zero-order chi connectivity index (χ0) is 11.4. The van der Waals surface area contributed by atoms with Crippen LogP contribution in [0.15, 0.2) is 34.8 Å². The van der Waals surface area contributed by atoms with E-state index in [2.05, 4.69) is 44.7 Å². The third-order valence-corrected chi connectivity index (χ3v) is 3.73. The molecule has 1 aromatic carbocycles. The van der Waals surface area contributed by atoms with Crippen LogP contribution in [0.2, 0.25) is 0 Å². The Bertz CT molecular complexity index is 468. The van der Waals surface area contributed by atoms with E-state index in [0.717, 1.165) is 28.8 Å². The summed E-state index contributed by atoms with van der Waals surface area (Å²) in [5.41, 5.74) is 2.20. The van der Waals surface area contributed by atoms with Gasteiger partial charge in [0, 0.05) is 21.5 Å². The van der Waals surface area contributed by atoms with Crippen LogP contribution in [0, 0.1) is 0 Å². The van der Waals surface area contributed by atoms with Crippen LogP contribution in [-0.2, 0) is 6.54 Å². The molecule has 0 aliphatic rings. The second-order valence-electron chi connectivity index (χ2n) is 3.44. The number of aromatic nitrogens is 1. The molecule has 0 saturated heterocycles. The molecule has 0 saturated carbocycles. The van der Waals surface area contributed by atoms with Crippen molar-refractivity contribution < 1.29 is 0 Å². The standard InChI is InChI=1S/C12H13BrN2S/c1-2-14-8-9-7-12(15-16-9)10-5-3-4-6-11(10)13/h3-7,14H,2,8H2,1H3. The molecule has 84 valence electrons. The zero-order valence-corrected chi connectivity index (χ0v) is 11.4. The van der Waals surface area contributed by atoms with E-state index in [-0.39, 0.29) is 0 Å². The molecule has 0 spiro atoms. The van der Waals surface area contributed by atoms with E-state index in [1.807, 2.05) is 18.2 Å². The van der Waals surface area contributed by atoms with Crippen molar-refractivity contribution in [3.63, 3.8) is 0 Å². The maximum Gasteiger partial charge on any atom is 0.0855 e. The minimum absolute atomic E-state index is 0.901. The van der Waals surface area contributed by atoms with Gasteiger partial charge in [-0.3, -0.25) is 0 Å². The first-order chi connectivity index (χ1) is 7.81.